The molecule has 0 bridgehead atoms. The minimum absolute atomic E-state index is 0.00352. The lowest BCUT2D eigenvalue weighted by molar-refractivity contribution is -0.390. The van der Waals surface area contributed by atoms with Gasteiger partial charge in [0.25, 0.3) is 0 Å². The molecule has 1 N–H and O–H groups in total. The predicted octanol–water partition coefficient (Wildman–Crippen LogP) is 2.98. The fraction of sp³-hybridized carbons (Fsp3) is 0. The number of hydrogen-bond acceptors (Lipinski definition) is 5. The molecule has 0 saturated heterocycles. The highest BCUT2D eigenvalue weighted by Gasteiger charge is 2.22. The third kappa shape index (κ3) is 2.75. The van der Waals surface area contributed by atoms with Crippen LogP contribution in [0.3, 0.4) is 0 Å². The number of carboxylic acid groups (broad SMARTS) is 1. The van der Waals surface area contributed by atoms with Gasteiger partial charge in [0.05, 0.1) is 15.4 Å². The standard InChI is InChI=1S/C12H7FN2O4S/c13-8-4-1-5-9(10(8)15(18)19)20-11-7(12(16)17)3-2-6-14-11/h1-6H,(H,16,17). The summed E-state index contributed by atoms with van der Waals surface area (Å²) in [7, 11) is 0. The van der Waals surface area contributed by atoms with Crippen molar-refractivity contribution >= 4 is 23.4 Å². The lowest BCUT2D eigenvalue weighted by Crippen LogP contribution is -2.01. The average Bonchev–Trinajstić information content (AvgIpc) is 2.38. The molecule has 1 aromatic carbocycles. The lowest BCUT2D eigenvalue weighted by atomic mass is 10.3. The van der Waals surface area contributed by atoms with Crippen LogP contribution in [0.25, 0.3) is 0 Å². The van der Waals surface area contributed by atoms with Gasteiger partial charge in [-0.1, -0.05) is 17.8 Å². The second-order valence-corrected chi connectivity index (χ2v) is 4.64. The predicted molar refractivity (Wildman–Crippen MR) is 68.4 cm³/mol. The van der Waals surface area contributed by atoms with Crippen LogP contribution in [0.4, 0.5) is 10.1 Å². The summed E-state index contributed by atoms with van der Waals surface area (Å²) >= 11 is 0.738. The van der Waals surface area contributed by atoms with Crippen molar-refractivity contribution in [2.75, 3.05) is 0 Å². The van der Waals surface area contributed by atoms with E-state index < -0.39 is 22.4 Å². The first-order chi connectivity index (χ1) is 9.50. The van der Waals surface area contributed by atoms with Crippen molar-refractivity contribution in [1.82, 2.24) is 4.98 Å². The number of carboxylic acids is 1. The first-order valence-corrected chi connectivity index (χ1v) is 6.11. The first kappa shape index (κ1) is 13.9. The molecule has 0 saturated carbocycles. The van der Waals surface area contributed by atoms with E-state index in [9.17, 15) is 19.3 Å². The molecule has 6 nitrogen and oxygen atoms in total. The van der Waals surface area contributed by atoms with Gasteiger partial charge in [0.15, 0.2) is 0 Å². The molecule has 2 rings (SSSR count). The van der Waals surface area contributed by atoms with Crippen LogP contribution in [0.5, 0.6) is 0 Å². The van der Waals surface area contributed by atoms with Gasteiger partial charge in [0.1, 0.15) is 5.03 Å². The maximum Gasteiger partial charge on any atom is 0.338 e. The van der Waals surface area contributed by atoms with Gasteiger partial charge in [-0.05, 0) is 24.3 Å². The van der Waals surface area contributed by atoms with Crippen molar-refractivity contribution in [3.63, 3.8) is 0 Å². The number of aromatic carboxylic acids is 1. The second kappa shape index (κ2) is 5.66. The summed E-state index contributed by atoms with van der Waals surface area (Å²) in [5.74, 6) is -2.19. The normalized spacial score (nSPS) is 10.2. The molecule has 102 valence electrons. The topological polar surface area (TPSA) is 93.3 Å². The SMILES string of the molecule is O=C(O)c1cccnc1Sc1cccc(F)c1[N+](=O)[O-]. The maximum absolute atomic E-state index is 13.5. The number of hydrogen-bond donors (Lipinski definition) is 1. The van der Waals surface area contributed by atoms with E-state index >= 15 is 0 Å². The van der Waals surface area contributed by atoms with Crippen molar-refractivity contribution in [1.29, 1.82) is 0 Å². The molecule has 0 spiro atoms. The van der Waals surface area contributed by atoms with Crippen LogP contribution < -0.4 is 0 Å². The van der Waals surface area contributed by atoms with Crippen molar-refractivity contribution in [2.45, 2.75) is 9.92 Å². The third-order valence-corrected chi connectivity index (χ3v) is 3.41. The molecule has 20 heavy (non-hydrogen) atoms. The second-order valence-electron chi connectivity index (χ2n) is 3.61. The Bertz CT molecular complexity index is 693. The minimum atomic E-state index is -1.21. The summed E-state index contributed by atoms with van der Waals surface area (Å²) in [6.07, 6.45) is 1.36. The van der Waals surface area contributed by atoms with E-state index in [-0.39, 0.29) is 15.5 Å². The molecule has 0 aliphatic heterocycles. The van der Waals surface area contributed by atoms with E-state index in [0.29, 0.717) is 0 Å². The summed E-state index contributed by atoms with van der Waals surface area (Å²) < 4.78 is 13.5. The van der Waals surface area contributed by atoms with Gasteiger partial charge in [-0.2, -0.15) is 4.39 Å². The fourth-order valence-corrected chi connectivity index (χ4v) is 2.50. The molecular weight excluding hydrogens is 287 g/mol. The highest BCUT2D eigenvalue weighted by atomic mass is 32.2. The largest absolute Gasteiger partial charge is 0.478 e. The lowest BCUT2D eigenvalue weighted by Gasteiger charge is -2.05. The number of halogens is 1. The van der Waals surface area contributed by atoms with Crippen LogP contribution in [-0.2, 0) is 0 Å². The fourth-order valence-electron chi connectivity index (χ4n) is 1.49. The number of carbonyl (C=O) groups is 1. The Labute approximate surface area is 116 Å². The van der Waals surface area contributed by atoms with Crippen LogP contribution in [0, 0.1) is 15.9 Å². The zero-order valence-electron chi connectivity index (χ0n) is 9.82. The number of nitrogens with zero attached hydrogens (tertiary/aromatic N) is 2. The molecule has 8 heteroatoms. The Balaban J connectivity index is 2.49. The van der Waals surface area contributed by atoms with Crippen LogP contribution in [-0.4, -0.2) is 21.0 Å². The molecule has 0 fully saturated rings. The number of rotatable bonds is 4. The number of aromatic nitrogens is 1. The molecule has 0 amide bonds. The van der Waals surface area contributed by atoms with Crippen LogP contribution in [0.1, 0.15) is 10.4 Å². The molecule has 0 aliphatic rings. The van der Waals surface area contributed by atoms with E-state index in [0.717, 1.165) is 17.8 Å². The molecule has 0 atom stereocenters. The molecule has 0 radical (unpaired) electrons. The van der Waals surface area contributed by atoms with Gasteiger partial charge in [-0.25, -0.2) is 9.78 Å². The van der Waals surface area contributed by atoms with Gasteiger partial charge in [-0.15, -0.1) is 0 Å². The summed E-state index contributed by atoms with van der Waals surface area (Å²) in [5.41, 5.74) is -0.796. The van der Waals surface area contributed by atoms with E-state index in [4.69, 9.17) is 5.11 Å². The average molecular weight is 294 g/mol. The summed E-state index contributed by atoms with van der Waals surface area (Å²) in [5, 5.41) is 19.9. The third-order valence-electron chi connectivity index (χ3n) is 2.34. The van der Waals surface area contributed by atoms with Gasteiger partial charge >= 0.3 is 11.7 Å². The van der Waals surface area contributed by atoms with Gasteiger partial charge in [0.2, 0.25) is 5.82 Å². The minimum Gasteiger partial charge on any atom is -0.478 e. The maximum atomic E-state index is 13.5. The van der Waals surface area contributed by atoms with Crippen LogP contribution in [0.2, 0.25) is 0 Å². The Morgan fingerprint density at radius 3 is 2.75 bits per heavy atom. The molecule has 0 aliphatic carbocycles. The molecule has 1 aromatic heterocycles. The Morgan fingerprint density at radius 2 is 2.10 bits per heavy atom. The quantitative estimate of drug-likeness (QED) is 0.688. The Kier molecular flexibility index (Phi) is 3.94. The number of nitro groups is 1. The van der Waals surface area contributed by atoms with E-state index in [1.54, 1.807) is 0 Å². The zero-order chi connectivity index (χ0) is 14.7. The van der Waals surface area contributed by atoms with Gasteiger partial charge < -0.3 is 5.11 Å². The smallest absolute Gasteiger partial charge is 0.338 e. The summed E-state index contributed by atoms with van der Waals surface area (Å²) in [6, 6.07) is 6.38. The van der Waals surface area contributed by atoms with Crippen molar-refractivity contribution < 1.29 is 19.2 Å². The number of para-hydroxylation sites is 1. The monoisotopic (exact) mass is 294 g/mol. The Hall–Kier alpha value is -2.48. The molecular formula is C12H7FN2O4S. The number of pyridine rings is 1. The number of benzene rings is 1. The Morgan fingerprint density at radius 1 is 1.35 bits per heavy atom. The molecule has 0 unspecified atom stereocenters. The molecule has 1 heterocycles. The first-order valence-electron chi connectivity index (χ1n) is 5.29. The highest BCUT2D eigenvalue weighted by molar-refractivity contribution is 7.99. The summed E-state index contributed by atoms with van der Waals surface area (Å²) in [6.45, 7) is 0. The highest BCUT2D eigenvalue weighted by Crippen LogP contribution is 2.36. The van der Waals surface area contributed by atoms with Crippen molar-refractivity contribution in [3.05, 3.63) is 58.0 Å². The molecule has 2 aromatic rings. The summed E-state index contributed by atoms with van der Waals surface area (Å²) in [4.78, 5) is 24.9. The van der Waals surface area contributed by atoms with Gasteiger partial charge in [-0.3, -0.25) is 10.1 Å². The van der Waals surface area contributed by atoms with Crippen LogP contribution >= 0.6 is 11.8 Å². The van der Waals surface area contributed by atoms with E-state index in [2.05, 4.69) is 4.98 Å². The van der Waals surface area contributed by atoms with Crippen molar-refractivity contribution in [3.8, 4) is 0 Å². The zero-order valence-corrected chi connectivity index (χ0v) is 10.6. The van der Waals surface area contributed by atoms with Crippen molar-refractivity contribution in [2.24, 2.45) is 0 Å². The van der Waals surface area contributed by atoms with E-state index in [1.165, 1.54) is 30.5 Å². The van der Waals surface area contributed by atoms with E-state index in [1.807, 2.05) is 0 Å². The van der Waals surface area contributed by atoms with Crippen LogP contribution in [0.15, 0.2) is 46.5 Å². The van der Waals surface area contributed by atoms with Gasteiger partial charge in [0, 0.05) is 6.20 Å². The number of nitro benzene ring substituents is 1.